The van der Waals surface area contributed by atoms with Crippen molar-refractivity contribution in [2.45, 2.75) is 31.7 Å². The lowest BCUT2D eigenvalue weighted by atomic mass is 9.76. The second-order valence-electron chi connectivity index (χ2n) is 6.06. The van der Waals surface area contributed by atoms with Crippen molar-refractivity contribution in [3.63, 3.8) is 0 Å². The van der Waals surface area contributed by atoms with E-state index in [-0.39, 0.29) is 17.9 Å². The van der Waals surface area contributed by atoms with E-state index in [4.69, 9.17) is 4.74 Å². The van der Waals surface area contributed by atoms with Crippen molar-refractivity contribution in [2.75, 3.05) is 19.1 Å². The molecule has 1 aromatic carbocycles. The number of quaternary nitrogens is 1. The van der Waals surface area contributed by atoms with Gasteiger partial charge in [0.2, 0.25) is 12.1 Å². The van der Waals surface area contributed by atoms with Gasteiger partial charge >= 0.3 is 0 Å². The molecule has 1 N–H and O–H groups in total. The van der Waals surface area contributed by atoms with Crippen LogP contribution in [-0.4, -0.2) is 48.1 Å². The third-order valence-electron chi connectivity index (χ3n) is 4.92. The molecule has 2 aliphatic heterocycles. The first-order valence-corrected chi connectivity index (χ1v) is 7.10. The van der Waals surface area contributed by atoms with Gasteiger partial charge in [-0.15, -0.1) is 0 Å². The topological polar surface area (TPSA) is 72.8 Å². The van der Waals surface area contributed by atoms with Crippen LogP contribution in [0, 0.1) is 11.1 Å². The Balaban J connectivity index is 1.89. The molecule has 2 fully saturated rings. The maximum atomic E-state index is 12.5. The average molecular weight is 292 g/mol. The molecule has 2 heterocycles. The minimum Gasteiger partial charge on any atom is -0.631 e. The van der Waals surface area contributed by atoms with E-state index in [9.17, 15) is 15.1 Å². The molecule has 1 amide bonds. The molecule has 6 heteroatoms. The molecule has 2 saturated heterocycles. The maximum Gasteiger partial charge on any atom is 0.233 e. The second-order valence-corrected chi connectivity index (χ2v) is 6.06. The van der Waals surface area contributed by atoms with Crippen LogP contribution in [0.15, 0.2) is 24.3 Å². The first kappa shape index (κ1) is 14.3. The third kappa shape index (κ3) is 1.94. The summed E-state index contributed by atoms with van der Waals surface area (Å²) in [5, 5.41) is 22.9. The molecule has 0 spiro atoms. The van der Waals surface area contributed by atoms with Crippen LogP contribution in [0.25, 0.3) is 0 Å². The number of rotatable bonds is 2. The number of benzene rings is 1. The van der Waals surface area contributed by atoms with Crippen molar-refractivity contribution < 1.29 is 19.3 Å². The Morgan fingerprint density at radius 1 is 1.38 bits per heavy atom. The Labute approximate surface area is 123 Å². The maximum absolute atomic E-state index is 12.5. The smallest absolute Gasteiger partial charge is 0.233 e. The highest BCUT2D eigenvalue weighted by Gasteiger charge is 2.60. The predicted octanol–water partition coefficient (Wildman–Crippen LogP) is 1.08. The number of anilines is 1. The van der Waals surface area contributed by atoms with E-state index >= 15 is 0 Å². The van der Waals surface area contributed by atoms with E-state index in [1.807, 2.05) is 0 Å². The Hall–Kier alpha value is -1.63. The standard InChI is InChI=1S/C15H20N2O4/c1-9-8-12-13(15(19)17(9,2)20)16(14(12)18)10-4-6-11(21-3)7-5-10/h4-7,9,12-13,15,19H,8H2,1-3H3/t9-,12+,13+,15+,17-/m1/s1. The number of hydroxylamine groups is 3. The molecule has 1 aromatic rings. The van der Waals surface area contributed by atoms with Crippen molar-refractivity contribution in [1.82, 2.24) is 0 Å². The molecule has 0 radical (unpaired) electrons. The van der Waals surface area contributed by atoms with E-state index in [0.717, 1.165) is 0 Å². The van der Waals surface area contributed by atoms with Crippen LogP contribution in [0.1, 0.15) is 13.3 Å². The van der Waals surface area contributed by atoms with Gasteiger partial charge in [0.05, 0.1) is 26.1 Å². The number of methoxy groups -OCH3 is 1. The summed E-state index contributed by atoms with van der Waals surface area (Å²) in [5.41, 5.74) is 0.690. The highest BCUT2D eigenvalue weighted by atomic mass is 16.6. The largest absolute Gasteiger partial charge is 0.631 e. The summed E-state index contributed by atoms with van der Waals surface area (Å²) < 4.78 is 4.38. The van der Waals surface area contributed by atoms with Gasteiger partial charge in [-0.3, -0.25) is 9.69 Å². The van der Waals surface area contributed by atoms with Crippen molar-refractivity contribution in [3.05, 3.63) is 29.5 Å². The van der Waals surface area contributed by atoms with Gasteiger partial charge < -0.3 is 19.7 Å². The third-order valence-corrected chi connectivity index (χ3v) is 4.92. The van der Waals surface area contributed by atoms with E-state index in [1.165, 1.54) is 11.9 Å². The molecule has 0 unspecified atom stereocenters. The number of piperidine rings is 1. The number of hydrogen-bond acceptors (Lipinski definition) is 4. The molecular weight excluding hydrogens is 272 g/mol. The molecule has 3 rings (SSSR count). The van der Waals surface area contributed by atoms with Crippen molar-refractivity contribution >= 4 is 11.6 Å². The summed E-state index contributed by atoms with van der Waals surface area (Å²) in [6, 6.07) is 6.35. The summed E-state index contributed by atoms with van der Waals surface area (Å²) in [5.74, 6) is 0.429. The van der Waals surface area contributed by atoms with Gasteiger partial charge in [0, 0.05) is 12.1 Å². The van der Waals surface area contributed by atoms with Crippen molar-refractivity contribution in [2.24, 2.45) is 5.92 Å². The van der Waals surface area contributed by atoms with Crippen LogP contribution in [0.4, 0.5) is 5.69 Å². The lowest BCUT2D eigenvalue weighted by Crippen LogP contribution is -2.77. The number of carbonyl (C=O) groups is 1. The average Bonchev–Trinajstić information content (AvgIpc) is 2.48. The Bertz CT molecular complexity index is 557. The number of ether oxygens (including phenoxy) is 1. The van der Waals surface area contributed by atoms with Crippen LogP contribution in [0.3, 0.4) is 0 Å². The zero-order valence-electron chi connectivity index (χ0n) is 12.4. The number of aliphatic hydroxyl groups excluding tert-OH is 1. The van der Waals surface area contributed by atoms with Crippen molar-refractivity contribution in [1.29, 1.82) is 0 Å². The van der Waals surface area contributed by atoms with Gasteiger partial charge in [0.1, 0.15) is 11.8 Å². The molecule has 0 bridgehead atoms. The minimum absolute atomic E-state index is 0.0178. The fourth-order valence-electron chi connectivity index (χ4n) is 3.33. The number of β-lactam (4-membered cyclic amide) rings is 1. The van der Waals surface area contributed by atoms with E-state index < -0.39 is 16.9 Å². The van der Waals surface area contributed by atoms with E-state index in [2.05, 4.69) is 0 Å². The summed E-state index contributed by atoms with van der Waals surface area (Å²) in [4.78, 5) is 13.9. The molecule has 6 nitrogen and oxygen atoms in total. The summed E-state index contributed by atoms with van der Waals surface area (Å²) >= 11 is 0. The normalized spacial score (nSPS) is 38.7. The van der Waals surface area contributed by atoms with Gasteiger partial charge in [-0.1, -0.05) is 0 Å². The second kappa shape index (κ2) is 4.69. The molecule has 0 saturated carbocycles. The highest BCUT2D eigenvalue weighted by Crippen LogP contribution is 2.44. The number of aliphatic hydroxyl groups is 1. The van der Waals surface area contributed by atoms with Crippen LogP contribution >= 0.6 is 0 Å². The monoisotopic (exact) mass is 292 g/mol. The van der Waals surface area contributed by atoms with Crippen LogP contribution < -0.4 is 9.64 Å². The number of amides is 1. The van der Waals surface area contributed by atoms with E-state index in [1.54, 1.807) is 38.3 Å². The van der Waals surface area contributed by atoms with Crippen LogP contribution in [0.2, 0.25) is 0 Å². The fourth-order valence-corrected chi connectivity index (χ4v) is 3.33. The van der Waals surface area contributed by atoms with E-state index in [0.29, 0.717) is 17.9 Å². The fraction of sp³-hybridized carbons (Fsp3) is 0.533. The minimum atomic E-state index is -1.11. The molecule has 0 aromatic heterocycles. The number of likely N-dealkylation sites (N-methyl/N-ethyl adjacent to an activating group) is 1. The Morgan fingerprint density at radius 3 is 2.57 bits per heavy atom. The Kier molecular flexibility index (Phi) is 3.20. The summed E-state index contributed by atoms with van der Waals surface area (Å²) in [6.07, 6.45) is -0.591. The van der Waals surface area contributed by atoms with Gasteiger partial charge in [-0.2, -0.15) is 0 Å². The number of likely N-dealkylation sites (tertiary alicyclic amines) is 1. The lowest BCUT2D eigenvalue weighted by molar-refractivity contribution is -0.939. The van der Waals surface area contributed by atoms with Gasteiger partial charge in [-0.25, -0.2) is 0 Å². The molecule has 0 aliphatic carbocycles. The molecule has 21 heavy (non-hydrogen) atoms. The quantitative estimate of drug-likeness (QED) is 0.503. The van der Waals surface area contributed by atoms with Gasteiger partial charge in [0.15, 0.2) is 0 Å². The number of hydrogen-bond donors (Lipinski definition) is 1. The first-order chi connectivity index (χ1) is 9.87. The predicted molar refractivity (Wildman–Crippen MR) is 77.4 cm³/mol. The zero-order chi connectivity index (χ0) is 15.4. The molecular formula is C15H20N2O4. The number of nitrogens with zero attached hydrogens (tertiary/aromatic N) is 2. The molecule has 2 aliphatic rings. The summed E-state index contributed by atoms with van der Waals surface area (Å²) in [7, 11) is 3.05. The number of fused-ring (bicyclic) bond motifs is 1. The molecule has 114 valence electrons. The first-order valence-electron chi connectivity index (χ1n) is 7.10. The molecule has 5 atom stereocenters. The van der Waals surface area contributed by atoms with Gasteiger partial charge in [-0.05, 0) is 31.2 Å². The van der Waals surface area contributed by atoms with Gasteiger partial charge in [0.25, 0.3) is 0 Å². The highest BCUT2D eigenvalue weighted by molar-refractivity contribution is 6.03. The van der Waals surface area contributed by atoms with Crippen LogP contribution in [-0.2, 0) is 4.79 Å². The van der Waals surface area contributed by atoms with Crippen molar-refractivity contribution in [3.8, 4) is 5.75 Å². The zero-order valence-corrected chi connectivity index (χ0v) is 12.4. The van der Waals surface area contributed by atoms with Crippen LogP contribution in [0.5, 0.6) is 5.75 Å². The lowest BCUT2D eigenvalue weighted by Gasteiger charge is -2.61. The number of carbonyl (C=O) groups excluding carboxylic acids is 1. The summed E-state index contributed by atoms with van der Waals surface area (Å²) in [6.45, 7) is 1.79. The SMILES string of the molecule is COc1ccc(N2C(=O)[C@H]3C[C@@H](C)[N@@+](C)([O-])[C@@H](O)[C@H]32)cc1. The Morgan fingerprint density at radius 2 is 2.00 bits per heavy atom.